The molecule has 2 aromatic rings. The van der Waals surface area contributed by atoms with E-state index < -0.39 is 11.9 Å². The van der Waals surface area contributed by atoms with Crippen LogP contribution < -0.4 is 5.32 Å². The second kappa shape index (κ2) is 5.46. The molecule has 0 aromatic carbocycles. The first-order valence-electron chi connectivity index (χ1n) is 5.16. The molecule has 0 spiro atoms. The van der Waals surface area contributed by atoms with Crippen LogP contribution in [-0.4, -0.2) is 28.7 Å². The molecule has 0 radical (unpaired) electrons. The Morgan fingerprint density at radius 3 is 2.94 bits per heavy atom. The van der Waals surface area contributed by atoms with Crippen LogP contribution >= 0.6 is 11.3 Å². The van der Waals surface area contributed by atoms with E-state index in [-0.39, 0.29) is 11.5 Å². The third kappa shape index (κ3) is 2.95. The summed E-state index contributed by atoms with van der Waals surface area (Å²) in [6.07, 6.45) is 0.721. The number of carboxylic acid groups (broad SMARTS) is 1. The molecule has 18 heavy (non-hydrogen) atoms. The van der Waals surface area contributed by atoms with Crippen LogP contribution in [0.2, 0.25) is 0 Å². The highest BCUT2D eigenvalue weighted by atomic mass is 32.1. The lowest BCUT2D eigenvalue weighted by atomic mass is 10.2. The second-order valence-electron chi connectivity index (χ2n) is 3.52. The molecule has 0 unspecified atom stereocenters. The first-order valence-corrected chi connectivity index (χ1v) is 6.10. The lowest BCUT2D eigenvalue weighted by molar-refractivity contribution is 0.0651. The van der Waals surface area contributed by atoms with Crippen molar-refractivity contribution in [1.82, 2.24) is 10.5 Å². The molecule has 0 atom stereocenters. The molecule has 2 rings (SSSR count). The maximum absolute atomic E-state index is 11.6. The molecule has 0 aliphatic heterocycles. The Hall–Kier alpha value is -2.15. The summed E-state index contributed by atoms with van der Waals surface area (Å²) in [6.45, 7) is 0.463. The van der Waals surface area contributed by atoms with E-state index in [2.05, 4.69) is 15.0 Å². The van der Waals surface area contributed by atoms with Crippen LogP contribution in [0.4, 0.5) is 0 Å². The topological polar surface area (TPSA) is 92.4 Å². The molecule has 2 aromatic heterocycles. The number of nitrogens with zero attached hydrogens (tertiary/aromatic N) is 1. The van der Waals surface area contributed by atoms with Crippen LogP contribution in [0.1, 0.15) is 26.6 Å². The maximum Gasteiger partial charge on any atom is 0.374 e. The van der Waals surface area contributed by atoms with E-state index in [1.54, 1.807) is 11.3 Å². The summed E-state index contributed by atoms with van der Waals surface area (Å²) in [4.78, 5) is 22.1. The number of carboxylic acids is 1. The lowest BCUT2D eigenvalue weighted by Gasteiger charge is -2.00. The van der Waals surface area contributed by atoms with Gasteiger partial charge in [0.05, 0.1) is 0 Å². The number of hydrogen-bond acceptors (Lipinski definition) is 5. The molecule has 0 fully saturated rings. The summed E-state index contributed by atoms with van der Waals surface area (Å²) in [5.41, 5.74) is 1.12. The van der Waals surface area contributed by atoms with Crippen LogP contribution in [-0.2, 0) is 6.42 Å². The lowest BCUT2D eigenvalue weighted by Crippen LogP contribution is -2.25. The molecule has 2 N–H and O–H groups in total. The number of nitrogens with one attached hydrogen (secondary N) is 1. The van der Waals surface area contributed by atoms with Gasteiger partial charge in [0, 0.05) is 12.6 Å². The Bertz CT molecular complexity index is 547. The van der Waals surface area contributed by atoms with Gasteiger partial charge in [-0.3, -0.25) is 4.79 Å². The smallest absolute Gasteiger partial charge is 0.374 e. The minimum atomic E-state index is -1.25. The SMILES string of the molecule is O=C(NCCc1ccsc1)c1cc(C(=O)O)on1. The predicted molar refractivity (Wildman–Crippen MR) is 63.8 cm³/mol. The largest absolute Gasteiger partial charge is 0.475 e. The van der Waals surface area contributed by atoms with Crippen LogP contribution in [0.15, 0.2) is 27.4 Å². The number of carbonyl (C=O) groups excluding carboxylic acids is 1. The van der Waals surface area contributed by atoms with Crippen molar-refractivity contribution in [2.75, 3.05) is 6.54 Å². The highest BCUT2D eigenvalue weighted by Gasteiger charge is 2.15. The van der Waals surface area contributed by atoms with Gasteiger partial charge < -0.3 is 14.9 Å². The third-order valence-corrected chi connectivity index (χ3v) is 2.96. The molecular formula is C11H10N2O4S. The van der Waals surface area contributed by atoms with Gasteiger partial charge in [-0.15, -0.1) is 0 Å². The van der Waals surface area contributed by atoms with E-state index in [0.29, 0.717) is 6.54 Å². The summed E-state index contributed by atoms with van der Waals surface area (Å²) in [5, 5.41) is 18.6. The highest BCUT2D eigenvalue weighted by molar-refractivity contribution is 7.07. The van der Waals surface area contributed by atoms with Gasteiger partial charge in [-0.1, -0.05) is 5.16 Å². The monoisotopic (exact) mass is 266 g/mol. The van der Waals surface area contributed by atoms with E-state index >= 15 is 0 Å². The van der Waals surface area contributed by atoms with Gasteiger partial charge in [-0.2, -0.15) is 11.3 Å². The summed E-state index contributed by atoms with van der Waals surface area (Å²) in [5.74, 6) is -2.04. The zero-order valence-corrected chi connectivity index (χ0v) is 10.1. The molecule has 0 bridgehead atoms. The molecular weight excluding hydrogens is 256 g/mol. The van der Waals surface area contributed by atoms with E-state index in [0.717, 1.165) is 18.1 Å². The zero-order chi connectivity index (χ0) is 13.0. The van der Waals surface area contributed by atoms with Crippen molar-refractivity contribution in [3.05, 3.63) is 39.9 Å². The Morgan fingerprint density at radius 1 is 1.50 bits per heavy atom. The van der Waals surface area contributed by atoms with Crippen molar-refractivity contribution >= 4 is 23.2 Å². The van der Waals surface area contributed by atoms with Crippen molar-refractivity contribution in [2.45, 2.75) is 6.42 Å². The summed E-state index contributed by atoms with van der Waals surface area (Å²) in [6, 6.07) is 3.08. The van der Waals surface area contributed by atoms with Crippen LogP contribution in [0.25, 0.3) is 0 Å². The first-order chi connectivity index (χ1) is 8.66. The molecule has 0 aliphatic carbocycles. The summed E-state index contributed by atoms with van der Waals surface area (Å²) >= 11 is 1.60. The van der Waals surface area contributed by atoms with Crippen molar-refractivity contribution in [3.8, 4) is 0 Å². The quantitative estimate of drug-likeness (QED) is 0.853. The molecule has 1 amide bonds. The van der Waals surface area contributed by atoms with Crippen molar-refractivity contribution in [3.63, 3.8) is 0 Å². The number of carbonyl (C=O) groups is 2. The Kier molecular flexibility index (Phi) is 3.73. The van der Waals surface area contributed by atoms with Crippen molar-refractivity contribution in [2.24, 2.45) is 0 Å². The fraction of sp³-hybridized carbons (Fsp3) is 0.182. The summed E-state index contributed by atoms with van der Waals surface area (Å²) in [7, 11) is 0. The Morgan fingerprint density at radius 2 is 2.33 bits per heavy atom. The van der Waals surface area contributed by atoms with E-state index in [9.17, 15) is 9.59 Å². The van der Waals surface area contributed by atoms with Gasteiger partial charge in [0.15, 0.2) is 5.69 Å². The normalized spacial score (nSPS) is 10.2. The molecule has 2 heterocycles. The molecule has 0 saturated carbocycles. The Labute approximate surface area is 106 Å². The number of hydrogen-bond donors (Lipinski definition) is 2. The standard InChI is InChI=1S/C11H10N2O4S/c14-10(8-5-9(11(15)16)17-13-8)12-3-1-7-2-4-18-6-7/h2,4-6H,1,3H2,(H,12,14)(H,15,16). The predicted octanol–water partition coefficient (Wildman–Crippen LogP) is 1.41. The van der Waals surface area contributed by atoms with E-state index in [1.165, 1.54) is 0 Å². The average molecular weight is 266 g/mol. The number of thiophene rings is 1. The maximum atomic E-state index is 11.6. The van der Waals surface area contributed by atoms with Crippen molar-refractivity contribution in [1.29, 1.82) is 0 Å². The Balaban J connectivity index is 1.85. The highest BCUT2D eigenvalue weighted by Crippen LogP contribution is 2.06. The van der Waals surface area contributed by atoms with Crippen LogP contribution in [0.3, 0.4) is 0 Å². The fourth-order valence-electron chi connectivity index (χ4n) is 1.33. The molecule has 0 saturated heterocycles. The zero-order valence-electron chi connectivity index (χ0n) is 9.25. The summed E-state index contributed by atoms with van der Waals surface area (Å²) < 4.78 is 4.49. The van der Waals surface area contributed by atoms with Gasteiger partial charge >= 0.3 is 5.97 Å². The molecule has 94 valence electrons. The van der Waals surface area contributed by atoms with Gasteiger partial charge in [0.2, 0.25) is 5.76 Å². The van der Waals surface area contributed by atoms with Gasteiger partial charge in [0.1, 0.15) is 0 Å². The van der Waals surface area contributed by atoms with Gasteiger partial charge in [-0.25, -0.2) is 4.79 Å². The van der Waals surface area contributed by atoms with Gasteiger partial charge in [0.25, 0.3) is 5.91 Å². The minimum absolute atomic E-state index is 0.0299. The van der Waals surface area contributed by atoms with E-state index in [4.69, 9.17) is 5.11 Å². The van der Waals surface area contributed by atoms with Gasteiger partial charge in [-0.05, 0) is 28.8 Å². The van der Waals surface area contributed by atoms with Crippen LogP contribution in [0.5, 0.6) is 0 Å². The first kappa shape index (κ1) is 12.3. The fourth-order valence-corrected chi connectivity index (χ4v) is 2.03. The average Bonchev–Trinajstić information content (AvgIpc) is 2.99. The number of rotatable bonds is 5. The molecule has 0 aliphatic rings. The second-order valence-corrected chi connectivity index (χ2v) is 4.30. The molecule has 6 nitrogen and oxygen atoms in total. The number of amides is 1. The molecule has 7 heteroatoms. The third-order valence-electron chi connectivity index (χ3n) is 2.23. The van der Waals surface area contributed by atoms with Crippen molar-refractivity contribution < 1.29 is 19.2 Å². The van der Waals surface area contributed by atoms with E-state index in [1.807, 2.05) is 16.8 Å². The van der Waals surface area contributed by atoms with Crippen LogP contribution in [0, 0.1) is 0 Å². The number of aromatic carboxylic acids is 1. The minimum Gasteiger partial charge on any atom is -0.475 e. The number of aromatic nitrogens is 1.